The molecule has 0 saturated heterocycles. The normalized spacial score (nSPS) is 19.8. The second kappa shape index (κ2) is 11.4. The van der Waals surface area contributed by atoms with Crippen LogP contribution in [0.5, 0.6) is 0 Å². The highest BCUT2D eigenvalue weighted by Gasteiger charge is 2.46. The maximum Gasteiger partial charge on any atom is 0.241 e. The first-order valence-electron chi connectivity index (χ1n) is 14.0. The molecule has 210 valence electrons. The second-order valence-electron chi connectivity index (χ2n) is 11.0. The molecule has 8 heteroatoms. The van der Waals surface area contributed by atoms with Gasteiger partial charge in [0.1, 0.15) is 0 Å². The smallest absolute Gasteiger partial charge is 0.241 e. The summed E-state index contributed by atoms with van der Waals surface area (Å²) in [6.45, 7) is 2.29. The molecule has 1 fully saturated rings. The Bertz CT molecular complexity index is 1680. The van der Waals surface area contributed by atoms with E-state index in [0.717, 1.165) is 47.5 Å². The molecule has 3 aromatic carbocycles. The minimum atomic E-state index is -3.76. The van der Waals surface area contributed by atoms with Crippen molar-refractivity contribution in [3.05, 3.63) is 124 Å². The van der Waals surface area contributed by atoms with E-state index >= 15 is 0 Å². The Morgan fingerprint density at radius 3 is 2.54 bits per heavy atom. The fraction of sp³-hybridized carbons (Fsp3) is 0.273. The lowest BCUT2D eigenvalue weighted by molar-refractivity contribution is -0.120. The summed E-state index contributed by atoms with van der Waals surface area (Å²) in [4.78, 5) is 20.7. The van der Waals surface area contributed by atoms with Crippen LogP contribution in [0, 0.1) is 12.8 Å². The molecule has 1 aromatic heterocycles. The zero-order valence-corrected chi connectivity index (χ0v) is 24.4. The maximum absolute atomic E-state index is 14.0. The summed E-state index contributed by atoms with van der Waals surface area (Å²) in [7, 11) is -3.76. The first-order chi connectivity index (χ1) is 19.8. The first kappa shape index (κ1) is 27.6. The van der Waals surface area contributed by atoms with E-state index in [1.54, 1.807) is 12.1 Å². The summed E-state index contributed by atoms with van der Waals surface area (Å²) >= 11 is 5.98. The van der Waals surface area contributed by atoms with Crippen LogP contribution in [0.3, 0.4) is 0 Å². The summed E-state index contributed by atoms with van der Waals surface area (Å²) in [5, 5.41) is 0.481. The van der Waals surface area contributed by atoms with E-state index in [4.69, 9.17) is 11.6 Å². The summed E-state index contributed by atoms with van der Waals surface area (Å²) in [5.74, 6) is 0.168. The van der Waals surface area contributed by atoms with Crippen molar-refractivity contribution in [1.82, 2.24) is 9.71 Å². The number of aromatic nitrogens is 1. The molecular formula is C33H32ClN3O3S. The van der Waals surface area contributed by atoms with Crippen molar-refractivity contribution in [3.63, 3.8) is 0 Å². The third-order valence-corrected chi connectivity index (χ3v) is 9.78. The number of hydrogen-bond donors (Lipinski definition) is 1. The van der Waals surface area contributed by atoms with Gasteiger partial charge in [0, 0.05) is 28.4 Å². The highest BCUT2D eigenvalue weighted by Crippen LogP contribution is 2.49. The molecule has 0 aliphatic heterocycles. The van der Waals surface area contributed by atoms with Crippen LogP contribution in [0.4, 0.5) is 5.69 Å². The maximum atomic E-state index is 14.0. The van der Waals surface area contributed by atoms with Crippen LogP contribution in [-0.4, -0.2) is 19.3 Å². The van der Waals surface area contributed by atoms with Crippen molar-refractivity contribution in [2.24, 2.45) is 5.92 Å². The number of sulfonamides is 1. The van der Waals surface area contributed by atoms with Crippen molar-refractivity contribution >= 4 is 33.2 Å². The number of fused-ring (bicyclic) bond motifs is 1. The number of aryl methyl sites for hydroxylation is 2. The number of carbonyl (C=O) groups excluding carboxylic acids is 1. The van der Waals surface area contributed by atoms with E-state index < -0.39 is 16.1 Å². The highest BCUT2D eigenvalue weighted by atomic mass is 35.5. The Balaban J connectivity index is 1.32. The average Bonchev–Trinajstić information content (AvgIpc) is 3.78. The van der Waals surface area contributed by atoms with Crippen LogP contribution in [-0.2, 0) is 27.8 Å². The molecule has 1 amide bonds. The van der Waals surface area contributed by atoms with Crippen LogP contribution in [0.15, 0.2) is 95.9 Å². The number of pyridine rings is 1. The van der Waals surface area contributed by atoms with E-state index in [-0.39, 0.29) is 22.6 Å². The number of halogens is 1. The van der Waals surface area contributed by atoms with Crippen molar-refractivity contribution in [3.8, 4) is 0 Å². The molecule has 6 nitrogen and oxygen atoms in total. The Morgan fingerprint density at radius 2 is 1.78 bits per heavy atom. The summed E-state index contributed by atoms with van der Waals surface area (Å²) in [6.07, 6.45) is 3.22. The zero-order chi connectivity index (χ0) is 28.6. The van der Waals surface area contributed by atoms with E-state index in [9.17, 15) is 13.2 Å². The standard InChI is InChI=1S/C33H32ClN3O3S/c1-22-7-5-11-26(35-22)21-37(33(38)31-20-29(31)23-8-3-2-4-9-23)27-16-13-24-10-6-12-32(30(24)19-27)36-41(39,40)28-17-14-25(34)15-18-28/h2-5,7-9,11,13-19,29,31-32,36H,6,10,12,20-21H2,1H3/t29-,31+,32-/m0/s1. The largest absolute Gasteiger partial charge is 0.306 e. The molecule has 1 heterocycles. The second-order valence-corrected chi connectivity index (χ2v) is 13.1. The lowest BCUT2D eigenvalue weighted by Gasteiger charge is -2.29. The zero-order valence-electron chi connectivity index (χ0n) is 22.8. The number of benzene rings is 3. The molecule has 0 radical (unpaired) electrons. The van der Waals surface area contributed by atoms with Crippen molar-refractivity contribution < 1.29 is 13.2 Å². The van der Waals surface area contributed by atoms with Crippen LogP contribution >= 0.6 is 11.6 Å². The molecule has 6 rings (SSSR count). The van der Waals surface area contributed by atoms with Gasteiger partial charge in [-0.3, -0.25) is 9.78 Å². The Morgan fingerprint density at radius 1 is 1.00 bits per heavy atom. The van der Waals surface area contributed by atoms with Crippen LogP contribution < -0.4 is 9.62 Å². The average molecular weight is 586 g/mol. The molecule has 0 unspecified atom stereocenters. The van der Waals surface area contributed by atoms with Gasteiger partial charge in [-0.1, -0.05) is 54.1 Å². The summed E-state index contributed by atoms with van der Waals surface area (Å²) < 4.78 is 29.4. The minimum Gasteiger partial charge on any atom is -0.306 e. The van der Waals surface area contributed by atoms with Gasteiger partial charge in [0.05, 0.1) is 17.1 Å². The number of rotatable bonds is 8. The van der Waals surface area contributed by atoms with Crippen molar-refractivity contribution in [2.75, 3.05) is 4.90 Å². The van der Waals surface area contributed by atoms with Crippen LogP contribution in [0.25, 0.3) is 0 Å². The van der Waals surface area contributed by atoms with Crippen LogP contribution in [0.1, 0.15) is 59.3 Å². The predicted octanol–water partition coefficient (Wildman–Crippen LogP) is 6.74. The van der Waals surface area contributed by atoms with Gasteiger partial charge in [0.15, 0.2) is 0 Å². The Labute approximate surface area is 246 Å². The van der Waals surface area contributed by atoms with E-state index in [1.807, 2.05) is 66.4 Å². The fourth-order valence-corrected chi connectivity index (χ4v) is 7.20. The molecule has 0 spiro atoms. The Kier molecular flexibility index (Phi) is 7.68. The van der Waals surface area contributed by atoms with Gasteiger partial charge in [-0.15, -0.1) is 0 Å². The van der Waals surface area contributed by atoms with Gasteiger partial charge in [0.25, 0.3) is 0 Å². The number of hydrogen-bond acceptors (Lipinski definition) is 4. The van der Waals surface area contributed by atoms with E-state index in [1.165, 1.54) is 17.7 Å². The van der Waals surface area contributed by atoms with E-state index in [0.29, 0.717) is 18.0 Å². The molecule has 4 aromatic rings. The molecule has 0 bridgehead atoms. The first-order valence-corrected chi connectivity index (χ1v) is 15.8. The molecule has 2 aliphatic rings. The van der Waals surface area contributed by atoms with Crippen molar-refractivity contribution in [1.29, 1.82) is 0 Å². The van der Waals surface area contributed by atoms with Crippen LogP contribution in [0.2, 0.25) is 5.02 Å². The third kappa shape index (κ3) is 6.08. The van der Waals surface area contributed by atoms with Gasteiger partial charge in [-0.25, -0.2) is 13.1 Å². The number of carbonyl (C=O) groups is 1. The molecule has 3 atom stereocenters. The minimum absolute atomic E-state index is 0.0659. The highest BCUT2D eigenvalue weighted by molar-refractivity contribution is 7.89. The fourth-order valence-electron chi connectivity index (χ4n) is 5.83. The predicted molar refractivity (Wildman–Crippen MR) is 161 cm³/mol. The Hall–Kier alpha value is -3.52. The van der Waals surface area contributed by atoms with E-state index in [2.05, 4.69) is 21.8 Å². The molecule has 41 heavy (non-hydrogen) atoms. The summed E-state index contributed by atoms with van der Waals surface area (Å²) in [5.41, 5.74) is 5.66. The van der Waals surface area contributed by atoms with Gasteiger partial charge in [0.2, 0.25) is 15.9 Å². The topological polar surface area (TPSA) is 79.4 Å². The number of amides is 1. The van der Waals surface area contributed by atoms with Crippen molar-refractivity contribution in [2.45, 2.75) is 56.0 Å². The van der Waals surface area contributed by atoms with Gasteiger partial charge in [-0.05, 0) is 104 Å². The lowest BCUT2D eigenvalue weighted by atomic mass is 9.87. The summed E-state index contributed by atoms with van der Waals surface area (Å²) in [6, 6.07) is 27.8. The number of nitrogens with zero attached hydrogens (tertiary/aromatic N) is 2. The quantitative estimate of drug-likeness (QED) is 0.248. The SMILES string of the molecule is Cc1cccc(CN(C(=O)[C@@H]2C[C@H]2c2ccccc2)c2ccc3c(c2)[C@@H](NS(=O)(=O)c2ccc(Cl)cc2)CCC3)n1. The molecule has 1 N–H and O–H groups in total. The van der Waals surface area contributed by atoms with Gasteiger partial charge in [-0.2, -0.15) is 0 Å². The van der Waals surface area contributed by atoms with Gasteiger partial charge >= 0.3 is 0 Å². The monoisotopic (exact) mass is 585 g/mol. The number of anilines is 1. The molecular weight excluding hydrogens is 554 g/mol. The molecule has 1 saturated carbocycles. The lowest BCUT2D eigenvalue weighted by Crippen LogP contribution is -2.34. The van der Waals surface area contributed by atoms with Gasteiger partial charge < -0.3 is 4.90 Å². The number of nitrogens with one attached hydrogen (secondary N) is 1. The molecule has 2 aliphatic carbocycles. The third-order valence-electron chi connectivity index (χ3n) is 8.04.